The molecule has 29 heavy (non-hydrogen) atoms. The first-order valence-electron chi connectivity index (χ1n) is 10.4. The van der Waals surface area contributed by atoms with Crippen molar-refractivity contribution in [2.75, 3.05) is 58.3 Å². The maximum atomic E-state index is 12.7. The molecule has 5 nitrogen and oxygen atoms in total. The molecule has 0 aromatic heterocycles. The van der Waals surface area contributed by atoms with Crippen LogP contribution in [0.4, 0.5) is 10.5 Å². The third-order valence-electron chi connectivity index (χ3n) is 5.95. The lowest BCUT2D eigenvalue weighted by molar-refractivity contribution is 0.120. The van der Waals surface area contributed by atoms with Crippen LogP contribution in [0.1, 0.15) is 32.1 Å². The molecule has 0 radical (unpaired) electrons. The third-order valence-corrected chi connectivity index (χ3v) is 6.75. The number of hydrogen-bond donors (Lipinski definition) is 0. The minimum atomic E-state index is 0. The van der Waals surface area contributed by atoms with E-state index < -0.39 is 0 Å². The highest BCUT2D eigenvalue weighted by atomic mass is 35.5. The summed E-state index contributed by atoms with van der Waals surface area (Å²) in [5.74, 6) is 0. The van der Waals surface area contributed by atoms with Crippen LogP contribution in [-0.2, 0) is 0 Å². The first-order valence-corrected chi connectivity index (χ1v) is 11.1. The Labute approximate surface area is 191 Å². The molecule has 1 aromatic rings. The number of nitrogens with zero attached hydrogens (tertiary/aromatic N) is 4. The molecule has 1 saturated heterocycles. The van der Waals surface area contributed by atoms with Gasteiger partial charge in [0.05, 0.1) is 15.7 Å². The predicted molar refractivity (Wildman–Crippen MR) is 125 cm³/mol. The van der Waals surface area contributed by atoms with E-state index in [1.807, 2.05) is 32.3 Å². The summed E-state index contributed by atoms with van der Waals surface area (Å²) in [6.45, 7) is 5.51. The lowest BCUT2D eigenvalue weighted by atomic mass is 9.94. The Kier molecular flexibility index (Phi) is 9.67. The second kappa shape index (κ2) is 11.5. The Hall–Kier alpha value is -0.880. The van der Waals surface area contributed by atoms with Crippen LogP contribution in [0.2, 0.25) is 10.0 Å². The molecule has 0 spiro atoms. The Balaban J connectivity index is 0.00000300. The molecule has 0 unspecified atom stereocenters. The van der Waals surface area contributed by atoms with E-state index in [1.165, 1.54) is 19.3 Å². The summed E-state index contributed by atoms with van der Waals surface area (Å²) in [6.07, 6.45) is 6.05. The Morgan fingerprint density at radius 2 is 1.72 bits per heavy atom. The van der Waals surface area contributed by atoms with Crippen molar-refractivity contribution in [3.8, 4) is 0 Å². The summed E-state index contributed by atoms with van der Waals surface area (Å²) in [6, 6.07) is 6.35. The molecule has 2 aliphatic rings. The molecular formula is C21H33Cl3N4O. The molecule has 8 heteroatoms. The average Bonchev–Trinajstić information content (AvgIpc) is 2.71. The van der Waals surface area contributed by atoms with Gasteiger partial charge in [0.15, 0.2) is 0 Å². The summed E-state index contributed by atoms with van der Waals surface area (Å²) in [5.41, 5.74) is 1.01. The van der Waals surface area contributed by atoms with Gasteiger partial charge < -0.3 is 14.7 Å². The third kappa shape index (κ3) is 6.30. The van der Waals surface area contributed by atoms with Crippen molar-refractivity contribution in [2.24, 2.45) is 0 Å². The van der Waals surface area contributed by atoms with Gasteiger partial charge in [0.2, 0.25) is 0 Å². The van der Waals surface area contributed by atoms with E-state index in [2.05, 4.69) is 14.7 Å². The van der Waals surface area contributed by atoms with Crippen molar-refractivity contribution in [3.05, 3.63) is 28.2 Å². The lowest BCUT2D eigenvalue weighted by Gasteiger charge is -2.40. The topological polar surface area (TPSA) is 30.0 Å². The molecule has 0 atom stereocenters. The Morgan fingerprint density at radius 3 is 2.34 bits per heavy atom. The second-order valence-corrected chi connectivity index (χ2v) is 8.85. The summed E-state index contributed by atoms with van der Waals surface area (Å²) >= 11 is 12.5. The Bertz CT molecular complexity index is 659. The molecule has 1 aliphatic carbocycles. The van der Waals surface area contributed by atoms with Crippen LogP contribution in [-0.4, -0.2) is 80.1 Å². The zero-order chi connectivity index (χ0) is 20.1. The molecule has 1 saturated carbocycles. The Morgan fingerprint density at radius 1 is 1.07 bits per heavy atom. The fraction of sp³-hybridized carbons (Fsp3) is 0.667. The maximum Gasteiger partial charge on any atom is 0.319 e. The van der Waals surface area contributed by atoms with Crippen LogP contribution in [0.15, 0.2) is 18.2 Å². The van der Waals surface area contributed by atoms with E-state index in [-0.39, 0.29) is 18.4 Å². The first-order chi connectivity index (χ1) is 13.5. The number of amides is 2. The van der Waals surface area contributed by atoms with Crippen molar-refractivity contribution in [2.45, 2.75) is 38.1 Å². The minimum Gasteiger partial charge on any atom is -0.368 e. The van der Waals surface area contributed by atoms with Crippen molar-refractivity contribution < 1.29 is 4.79 Å². The number of anilines is 1. The fourth-order valence-electron chi connectivity index (χ4n) is 4.28. The quantitative estimate of drug-likeness (QED) is 0.625. The molecular weight excluding hydrogens is 431 g/mol. The van der Waals surface area contributed by atoms with Crippen molar-refractivity contribution in [3.63, 3.8) is 0 Å². The van der Waals surface area contributed by atoms with Gasteiger partial charge >= 0.3 is 6.03 Å². The predicted octanol–water partition coefficient (Wildman–Crippen LogP) is 4.85. The van der Waals surface area contributed by atoms with Crippen molar-refractivity contribution in [1.82, 2.24) is 14.7 Å². The molecule has 0 bridgehead atoms. The molecule has 164 valence electrons. The molecule has 1 aliphatic heterocycles. The standard InChI is InChI=1S/C21H32Cl2N4O.ClH/c1-24(2)21(28)27(17-7-4-3-5-8-17)16-13-25-11-14-26(15-12-25)19-10-6-9-18(22)20(19)23;/h6,9-10,17H,3-5,7-8,11-16H2,1-2H3;1H. The van der Waals surface area contributed by atoms with E-state index in [0.29, 0.717) is 16.1 Å². The summed E-state index contributed by atoms with van der Waals surface area (Å²) in [7, 11) is 3.71. The zero-order valence-corrected chi connectivity index (χ0v) is 19.8. The number of piperazine rings is 1. The van der Waals surface area contributed by atoms with Gasteiger partial charge in [-0.2, -0.15) is 0 Å². The SMILES string of the molecule is CN(C)C(=O)N(CCN1CCN(c2cccc(Cl)c2Cl)CC1)C1CCCCC1.Cl. The number of benzene rings is 1. The van der Waals surface area contributed by atoms with Crippen LogP contribution in [0.5, 0.6) is 0 Å². The van der Waals surface area contributed by atoms with E-state index in [9.17, 15) is 4.79 Å². The number of halogens is 3. The normalized spacial score (nSPS) is 18.3. The van der Waals surface area contributed by atoms with Crippen molar-refractivity contribution >= 4 is 47.3 Å². The van der Waals surface area contributed by atoms with Crippen LogP contribution in [0, 0.1) is 0 Å². The smallest absolute Gasteiger partial charge is 0.319 e. The highest BCUT2D eigenvalue weighted by Crippen LogP contribution is 2.33. The van der Waals surface area contributed by atoms with Crippen LogP contribution in [0.3, 0.4) is 0 Å². The molecule has 2 fully saturated rings. The largest absolute Gasteiger partial charge is 0.368 e. The van der Waals surface area contributed by atoms with E-state index in [1.54, 1.807) is 4.90 Å². The lowest BCUT2D eigenvalue weighted by Crippen LogP contribution is -2.52. The molecule has 1 aromatic carbocycles. The average molecular weight is 464 g/mol. The van der Waals surface area contributed by atoms with Crippen LogP contribution in [0.25, 0.3) is 0 Å². The first kappa shape index (κ1) is 24.4. The van der Waals surface area contributed by atoms with Gasteiger partial charge in [-0.15, -0.1) is 12.4 Å². The number of hydrogen-bond acceptors (Lipinski definition) is 3. The van der Waals surface area contributed by atoms with Gasteiger partial charge in [-0.25, -0.2) is 4.79 Å². The molecule has 1 heterocycles. The van der Waals surface area contributed by atoms with Gasteiger partial charge in [-0.1, -0.05) is 48.5 Å². The van der Waals surface area contributed by atoms with Gasteiger partial charge in [0, 0.05) is 59.4 Å². The summed E-state index contributed by atoms with van der Waals surface area (Å²) < 4.78 is 0. The van der Waals surface area contributed by atoms with Crippen molar-refractivity contribution in [1.29, 1.82) is 0 Å². The van der Waals surface area contributed by atoms with Gasteiger partial charge in [-0.05, 0) is 25.0 Å². The van der Waals surface area contributed by atoms with Gasteiger partial charge in [0.1, 0.15) is 0 Å². The molecule has 2 amide bonds. The van der Waals surface area contributed by atoms with E-state index in [0.717, 1.165) is 57.8 Å². The maximum absolute atomic E-state index is 12.7. The summed E-state index contributed by atoms with van der Waals surface area (Å²) in [4.78, 5) is 21.3. The fourth-order valence-corrected chi connectivity index (χ4v) is 4.70. The zero-order valence-electron chi connectivity index (χ0n) is 17.4. The van der Waals surface area contributed by atoms with Gasteiger partial charge in [-0.3, -0.25) is 4.90 Å². The van der Waals surface area contributed by atoms with Gasteiger partial charge in [0.25, 0.3) is 0 Å². The van der Waals surface area contributed by atoms with Crippen LogP contribution < -0.4 is 4.90 Å². The number of carbonyl (C=O) groups excluding carboxylic acids is 1. The monoisotopic (exact) mass is 462 g/mol. The van der Waals surface area contributed by atoms with Crippen LogP contribution >= 0.6 is 35.6 Å². The molecule has 3 rings (SSSR count). The number of carbonyl (C=O) groups is 1. The number of urea groups is 1. The number of rotatable bonds is 5. The second-order valence-electron chi connectivity index (χ2n) is 8.06. The highest BCUT2D eigenvalue weighted by Gasteiger charge is 2.27. The highest BCUT2D eigenvalue weighted by molar-refractivity contribution is 6.43. The molecule has 0 N–H and O–H groups in total. The summed E-state index contributed by atoms with van der Waals surface area (Å²) in [5, 5.41) is 1.24. The minimum absolute atomic E-state index is 0. The van der Waals surface area contributed by atoms with E-state index >= 15 is 0 Å². The van der Waals surface area contributed by atoms with E-state index in [4.69, 9.17) is 23.2 Å².